The Morgan fingerprint density at radius 2 is 2.00 bits per heavy atom. The summed E-state index contributed by atoms with van der Waals surface area (Å²) >= 11 is 0. The first-order valence-corrected chi connectivity index (χ1v) is 7.31. The molecule has 5 heteroatoms. The number of nitrogens with one attached hydrogen (secondary N) is 2. The fraction of sp³-hybridized carbons (Fsp3) is 0.500. The van der Waals surface area contributed by atoms with Gasteiger partial charge in [-0.3, -0.25) is 4.79 Å². The van der Waals surface area contributed by atoms with Crippen LogP contribution in [0.5, 0.6) is 0 Å². The van der Waals surface area contributed by atoms with Crippen molar-refractivity contribution in [1.29, 1.82) is 0 Å². The van der Waals surface area contributed by atoms with E-state index in [4.69, 9.17) is 5.11 Å². The first kappa shape index (κ1) is 17.0. The van der Waals surface area contributed by atoms with Gasteiger partial charge in [-0.25, -0.2) is 4.79 Å². The lowest BCUT2D eigenvalue weighted by Crippen LogP contribution is -2.39. The maximum atomic E-state index is 11.9. The second-order valence-corrected chi connectivity index (χ2v) is 5.46. The van der Waals surface area contributed by atoms with Gasteiger partial charge in [-0.15, -0.1) is 0 Å². The van der Waals surface area contributed by atoms with Crippen LogP contribution in [0.1, 0.15) is 51.5 Å². The number of rotatable bonds is 7. The number of benzene rings is 1. The topological polar surface area (TPSA) is 78.4 Å². The van der Waals surface area contributed by atoms with Crippen LogP contribution in [0.2, 0.25) is 0 Å². The molecule has 0 bridgehead atoms. The predicted molar refractivity (Wildman–Crippen MR) is 83.6 cm³/mol. The van der Waals surface area contributed by atoms with Crippen LogP contribution >= 0.6 is 0 Å². The van der Waals surface area contributed by atoms with Crippen LogP contribution in [0.3, 0.4) is 0 Å². The normalized spacial score (nSPS) is 12.0. The summed E-state index contributed by atoms with van der Waals surface area (Å²) in [6, 6.07) is 6.94. The molecule has 0 aliphatic rings. The number of carboxylic acid groups (broad SMARTS) is 1. The SMILES string of the molecule is CCCC(CC(=O)O)NC(=O)Nc1cccc(C(C)C)c1. The van der Waals surface area contributed by atoms with Crippen LogP contribution in [0.4, 0.5) is 10.5 Å². The van der Waals surface area contributed by atoms with Crippen LogP contribution < -0.4 is 10.6 Å². The Balaban J connectivity index is 2.63. The Morgan fingerprint density at radius 1 is 1.29 bits per heavy atom. The predicted octanol–water partition coefficient (Wildman–Crippen LogP) is 3.57. The van der Waals surface area contributed by atoms with Crippen molar-refractivity contribution >= 4 is 17.7 Å². The monoisotopic (exact) mass is 292 g/mol. The molecule has 1 aromatic carbocycles. The van der Waals surface area contributed by atoms with Gasteiger partial charge in [-0.1, -0.05) is 39.3 Å². The van der Waals surface area contributed by atoms with E-state index in [0.717, 1.165) is 12.0 Å². The largest absolute Gasteiger partial charge is 0.481 e. The van der Waals surface area contributed by atoms with E-state index >= 15 is 0 Å². The minimum atomic E-state index is -0.907. The second kappa shape index (κ2) is 8.29. The van der Waals surface area contributed by atoms with Gasteiger partial charge in [0.15, 0.2) is 0 Å². The molecule has 0 radical (unpaired) electrons. The molecule has 21 heavy (non-hydrogen) atoms. The van der Waals surface area contributed by atoms with E-state index < -0.39 is 5.97 Å². The fourth-order valence-electron chi connectivity index (χ4n) is 2.11. The lowest BCUT2D eigenvalue weighted by Gasteiger charge is -2.17. The molecule has 0 fully saturated rings. The minimum absolute atomic E-state index is 0.0622. The van der Waals surface area contributed by atoms with Crippen molar-refractivity contribution in [2.24, 2.45) is 0 Å². The van der Waals surface area contributed by atoms with Crippen molar-refractivity contribution in [2.75, 3.05) is 5.32 Å². The number of carboxylic acids is 1. The highest BCUT2D eigenvalue weighted by atomic mass is 16.4. The molecule has 1 unspecified atom stereocenters. The second-order valence-electron chi connectivity index (χ2n) is 5.46. The Morgan fingerprint density at radius 3 is 2.57 bits per heavy atom. The summed E-state index contributed by atoms with van der Waals surface area (Å²) in [4.78, 5) is 22.7. The number of hydrogen-bond acceptors (Lipinski definition) is 2. The number of carbonyl (C=O) groups is 2. The van der Waals surface area contributed by atoms with E-state index in [1.807, 2.05) is 31.2 Å². The number of hydrogen-bond donors (Lipinski definition) is 3. The number of anilines is 1. The summed E-state index contributed by atoms with van der Waals surface area (Å²) in [7, 11) is 0. The Bertz CT molecular complexity index is 486. The molecule has 1 aromatic rings. The number of aliphatic carboxylic acids is 1. The molecule has 0 aromatic heterocycles. The van der Waals surface area contributed by atoms with Crippen molar-refractivity contribution in [3.8, 4) is 0 Å². The third kappa shape index (κ3) is 6.29. The molecule has 0 saturated carbocycles. The number of amides is 2. The van der Waals surface area contributed by atoms with E-state index in [1.54, 1.807) is 0 Å². The Kier molecular flexibility index (Phi) is 6.72. The standard InChI is InChI=1S/C16H24N2O3/c1-4-6-13(10-15(19)20)17-16(21)18-14-8-5-7-12(9-14)11(2)3/h5,7-9,11,13H,4,6,10H2,1-3H3,(H,19,20)(H2,17,18,21). The van der Waals surface area contributed by atoms with Gasteiger partial charge in [0.05, 0.1) is 6.42 Å². The lowest BCUT2D eigenvalue weighted by atomic mass is 10.0. The van der Waals surface area contributed by atoms with E-state index in [2.05, 4.69) is 24.5 Å². The van der Waals surface area contributed by atoms with Crippen molar-refractivity contribution in [3.05, 3.63) is 29.8 Å². The van der Waals surface area contributed by atoms with Gasteiger partial charge in [-0.2, -0.15) is 0 Å². The smallest absolute Gasteiger partial charge is 0.319 e. The molecule has 1 rings (SSSR count). The maximum Gasteiger partial charge on any atom is 0.319 e. The van der Waals surface area contributed by atoms with Gasteiger partial charge in [0.2, 0.25) is 0 Å². The summed E-state index contributed by atoms with van der Waals surface area (Å²) in [5, 5.41) is 14.3. The fourth-order valence-corrected chi connectivity index (χ4v) is 2.11. The average Bonchev–Trinajstić information content (AvgIpc) is 2.38. The maximum absolute atomic E-state index is 11.9. The van der Waals surface area contributed by atoms with Crippen molar-refractivity contribution in [2.45, 2.75) is 52.0 Å². The Hall–Kier alpha value is -2.04. The molecular weight excluding hydrogens is 268 g/mol. The first-order valence-electron chi connectivity index (χ1n) is 7.31. The van der Waals surface area contributed by atoms with Gasteiger partial charge in [0.1, 0.15) is 0 Å². The van der Waals surface area contributed by atoms with Crippen LogP contribution in [-0.2, 0) is 4.79 Å². The summed E-state index contributed by atoms with van der Waals surface area (Å²) in [5.74, 6) is -0.523. The molecule has 0 spiro atoms. The van der Waals surface area contributed by atoms with Crippen LogP contribution in [-0.4, -0.2) is 23.1 Å². The molecule has 0 heterocycles. The number of urea groups is 1. The summed E-state index contributed by atoms with van der Waals surface area (Å²) < 4.78 is 0. The summed E-state index contributed by atoms with van der Waals surface area (Å²) in [6.07, 6.45) is 1.40. The molecule has 0 aliphatic heterocycles. The van der Waals surface area contributed by atoms with Gasteiger partial charge in [-0.05, 0) is 30.0 Å². The molecule has 5 nitrogen and oxygen atoms in total. The lowest BCUT2D eigenvalue weighted by molar-refractivity contribution is -0.137. The van der Waals surface area contributed by atoms with Crippen molar-refractivity contribution < 1.29 is 14.7 Å². The molecule has 116 valence electrons. The molecule has 0 saturated heterocycles. The van der Waals surface area contributed by atoms with Crippen LogP contribution in [0.25, 0.3) is 0 Å². The highest BCUT2D eigenvalue weighted by Gasteiger charge is 2.15. The van der Waals surface area contributed by atoms with Crippen LogP contribution in [0, 0.1) is 0 Å². The van der Waals surface area contributed by atoms with E-state index in [1.165, 1.54) is 0 Å². The highest BCUT2D eigenvalue weighted by molar-refractivity contribution is 5.89. The third-order valence-electron chi connectivity index (χ3n) is 3.20. The van der Waals surface area contributed by atoms with Crippen molar-refractivity contribution in [3.63, 3.8) is 0 Å². The average molecular weight is 292 g/mol. The Labute approximate surface area is 125 Å². The van der Waals surface area contributed by atoms with Gasteiger partial charge in [0.25, 0.3) is 0 Å². The van der Waals surface area contributed by atoms with Crippen LogP contribution in [0.15, 0.2) is 24.3 Å². The number of carbonyl (C=O) groups excluding carboxylic acids is 1. The minimum Gasteiger partial charge on any atom is -0.481 e. The molecule has 0 aliphatic carbocycles. The van der Waals surface area contributed by atoms with Crippen molar-refractivity contribution in [1.82, 2.24) is 5.32 Å². The first-order chi connectivity index (χ1) is 9.92. The van der Waals surface area contributed by atoms with E-state index in [9.17, 15) is 9.59 Å². The third-order valence-corrected chi connectivity index (χ3v) is 3.20. The zero-order valence-electron chi connectivity index (χ0n) is 12.8. The zero-order chi connectivity index (χ0) is 15.8. The van der Waals surface area contributed by atoms with Gasteiger partial charge >= 0.3 is 12.0 Å². The molecular formula is C16H24N2O3. The van der Waals surface area contributed by atoms with Gasteiger partial charge < -0.3 is 15.7 Å². The zero-order valence-corrected chi connectivity index (χ0v) is 12.8. The molecule has 3 N–H and O–H groups in total. The van der Waals surface area contributed by atoms with Gasteiger partial charge in [0, 0.05) is 11.7 Å². The highest BCUT2D eigenvalue weighted by Crippen LogP contribution is 2.18. The van der Waals surface area contributed by atoms with E-state index in [0.29, 0.717) is 18.0 Å². The summed E-state index contributed by atoms with van der Waals surface area (Å²) in [6.45, 7) is 6.13. The summed E-state index contributed by atoms with van der Waals surface area (Å²) in [5.41, 5.74) is 1.85. The molecule has 2 amide bonds. The van der Waals surface area contributed by atoms with E-state index in [-0.39, 0.29) is 18.5 Å². The quantitative estimate of drug-likeness (QED) is 0.718. The molecule has 1 atom stereocenters.